The maximum Gasteiger partial charge on any atom is 0.290 e. The number of hydrogen-bond acceptors (Lipinski definition) is 5. The predicted octanol–water partition coefficient (Wildman–Crippen LogP) is 2.69. The first kappa shape index (κ1) is 15.1. The minimum atomic E-state index is -2.92. The molecule has 5 nitrogen and oxygen atoms in total. The van der Waals surface area contributed by atoms with Crippen molar-refractivity contribution in [3.8, 4) is 11.7 Å². The van der Waals surface area contributed by atoms with Crippen LogP contribution in [0, 0.1) is 0 Å². The molecule has 22 heavy (non-hydrogen) atoms. The lowest BCUT2D eigenvalue weighted by atomic mass is 10.3. The summed E-state index contributed by atoms with van der Waals surface area (Å²) in [6.45, 7) is 3.44. The summed E-state index contributed by atoms with van der Waals surface area (Å²) in [7, 11) is -2.92. The molecule has 2 heterocycles. The van der Waals surface area contributed by atoms with Crippen molar-refractivity contribution < 1.29 is 17.6 Å². The monoisotopic (exact) mass is 321 g/mol. The fourth-order valence-electron chi connectivity index (χ4n) is 2.49. The van der Waals surface area contributed by atoms with Crippen LogP contribution in [0.1, 0.15) is 12.7 Å². The number of para-hydroxylation sites is 1. The van der Waals surface area contributed by atoms with E-state index >= 15 is 0 Å². The Hall–Kier alpha value is -1.79. The summed E-state index contributed by atoms with van der Waals surface area (Å²) in [5.74, 6) is 2.15. The number of benzene rings is 1. The van der Waals surface area contributed by atoms with Crippen LogP contribution in [0.5, 0.6) is 11.7 Å². The smallest absolute Gasteiger partial charge is 0.290 e. The summed E-state index contributed by atoms with van der Waals surface area (Å²) >= 11 is 0. The molecule has 1 aromatic heterocycles. The molecule has 0 saturated carbocycles. The lowest BCUT2D eigenvalue weighted by Crippen LogP contribution is -2.44. The van der Waals surface area contributed by atoms with E-state index in [-0.39, 0.29) is 11.0 Å². The van der Waals surface area contributed by atoms with Crippen LogP contribution in [-0.4, -0.2) is 37.4 Å². The molecule has 1 aliphatic heterocycles. The van der Waals surface area contributed by atoms with Crippen LogP contribution in [0.25, 0.3) is 0 Å². The number of sulfone groups is 1. The average Bonchev–Trinajstić information content (AvgIpc) is 2.92. The molecule has 0 N–H and O–H groups in total. The van der Waals surface area contributed by atoms with Crippen molar-refractivity contribution in [1.29, 1.82) is 0 Å². The van der Waals surface area contributed by atoms with Gasteiger partial charge in [-0.3, -0.25) is 4.90 Å². The molecule has 118 valence electrons. The number of ether oxygens (including phenoxy) is 1. The van der Waals surface area contributed by atoms with E-state index in [0.717, 1.165) is 11.5 Å². The van der Waals surface area contributed by atoms with E-state index < -0.39 is 9.84 Å². The van der Waals surface area contributed by atoms with Gasteiger partial charge in [0.25, 0.3) is 5.95 Å². The Labute approximate surface area is 130 Å². The van der Waals surface area contributed by atoms with Gasteiger partial charge in [0.15, 0.2) is 9.84 Å². The second-order valence-corrected chi connectivity index (χ2v) is 8.09. The minimum Gasteiger partial charge on any atom is -0.429 e. The molecule has 1 aromatic carbocycles. The Bertz CT molecular complexity index is 724. The van der Waals surface area contributed by atoms with Crippen molar-refractivity contribution in [2.24, 2.45) is 0 Å². The predicted molar refractivity (Wildman–Crippen MR) is 83.7 cm³/mol. The fourth-order valence-corrected chi connectivity index (χ4v) is 3.85. The van der Waals surface area contributed by atoms with Crippen LogP contribution in [0.4, 0.5) is 0 Å². The van der Waals surface area contributed by atoms with Crippen molar-refractivity contribution >= 4 is 9.84 Å². The topological polar surface area (TPSA) is 59.8 Å². The van der Waals surface area contributed by atoms with Crippen LogP contribution in [-0.2, 0) is 16.4 Å². The zero-order chi connectivity index (χ0) is 15.6. The molecule has 0 spiro atoms. The van der Waals surface area contributed by atoms with Gasteiger partial charge < -0.3 is 9.15 Å². The lowest BCUT2D eigenvalue weighted by Gasteiger charge is -2.29. The van der Waals surface area contributed by atoms with Crippen LogP contribution < -0.4 is 4.74 Å². The summed E-state index contributed by atoms with van der Waals surface area (Å²) in [5.41, 5.74) is 0. The molecule has 2 aromatic rings. The van der Waals surface area contributed by atoms with E-state index in [1.807, 2.05) is 36.4 Å². The first-order valence-electron chi connectivity index (χ1n) is 7.28. The van der Waals surface area contributed by atoms with E-state index in [4.69, 9.17) is 9.15 Å². The standard InChI is InChI=1S/C16H19NO4S/c1-13-11-17(9-10-22(13,18)19)12-15-7-8-16(21-15)20-14-5-3-2-4-6-14/h2-8,13H,9-12H2,1H3/t13-/m1/s1. The van der Waals surface area contributed by atoms with Gasteiger partial charge in [-0.15, -0.1) is 0 Å². The highest BCUT2D eigenvalue weighted by atomic mass is 32.2. The third-order valence-electron chi connectivity index (χ3n) is 3.80. The van der Waals surface area contributed by atoms with Crippen molar-refractivity contribution in [2.45, 2.75) is 18.7 Å². The first-order chi connectivity index (χ1) is 10.5. The van der Waals surface area contributed by atoms with E-state index in [1.54, 1.807) is 13.0 Å². The van der Waals surface area contributed by atoms with Gasteiger partial charge in [-0.05, 0) is 25.1 Å². The van der Waals surface area contributed by atoms with Crippen molar-refractivity contribution in [3.05, 3.63) is 48.2 Å². The van der Waals surface area contributed by atoms with Crippen molar-refractivity contribution in [1.82, 2.24) is 4.90 Å². The van der Waals surface area contributed by atoms with Gasteiger partial charge in [0.05, 0.1) is 17.5 Å². The second kappa shape index (κ2) is 6.14. The summed E-state index contributed by atoms with van der Waals surface area (Å²) in [5, 5.41) is -0.323. The van der Waals surface area contributed by atoms with Crippen LogP contribution in [0.3, 0.4) is 0 Å². The third-order valence-corrected chi connectivity index (χ3v) is 5.93. The van der Waals surface area contributed by atoms with Crippen molar-refractivity contribution in [2.75, 3.05) is 18.8 Å². The molecule has 1 saturated heterocycles. The van der Waals surface area contributed by atoms with Gasteiger partial charge >= 0.3 is 0 Å². The maximum absolute atomic E-state index is 11.7. The largest absolute Gasteiger partial charge is 0.429 e. The third kappa shape index (κ3) is 3.51. The zero-order valence-corrected chi connectivity index (χ0v) is 13.3. The van der Waals surface area contributed by atoms with Gasteiger partial charge in [-0.1, -0.05) is 18.2 Å². The highest BCUT2D eigenvalue weighted by Crippen LogP contribution is 2.24. The van der Waals surface area contributed by atoms with Gasteiger partial charge in [0, 0.05) is 19.2 Å². The van der Waals surface area contributed by atoms with Crippen LogP contribution in [0.15, 0.2) is 46.9 Å². The molecule has 0 aliphatic carbocycles. The van der Waals surface area contributed by atoms with E-state index in [0.29, 0.717) is 25.6 Å². The second-order valence-electron chi connectivity index (χ2n) is 5.55. The molecule has 1 fully saturated rings. The normalized spacial score (nSPS) is 21.6. The van der Waals surface area contributed by atoms with E-state index in [2.05, 4.69) is 4.90 Å². The lowest BCUT2D eigenvalue weighted by molar-refractivity contribution is 0.236. The summed E-state index contributed by atoms with van der Waals surface area (Å²) in [6.07, 6.45) is 0. The number of furan rings is 1. The summed E-state index contributed by atoms with van der Waals surface area (Å²) in [4.78, 5) is 2.09. The minimum absolute atomic E-state index is 0.211. The molecule has 0 bridgehead atoms. The molecule has 0 amide bonds. The Balaban J connectivity index is 1.60. The summed E-state index contributed by atoms with van der Waals surface area (Å²) < 4.78 is 34.7. The van der Waals surface area contributed by atoms with Crippen LogP contribution >= 0.6 is 0 Å². The molecule has 6 heteroatoms. The van der Waals surface area contributed by atoms with Gasteiger partial charge in [0.1, 0.15) is 11.5 Å². The molecule has 1 aliphatic rings. The highest BCUT2D eigenvalue weighted by Gasteiger charge is 2.29. The molecule has 1 atom stereocenters. The van der Waals surface area contributed by atoms with Crippen LogP contribution in [0.2, 0.25) is 0 Å². The van der Waals surface area contributed by atoms with Gasteiger partial charge in [-0.2, -0.15) is 0 Å². The Kier molecular flexibility index (Phi) is 4.22. The highest BCUT2D eigenvalue weighted by molar-refractivity contribution is 7.92. The molecule has 0 unspecified atom stereocenters. The fraction of sp³-hybridized carbons (Fsp3) is 0.375. The maximum atomic E-state index is 11.7. The van der Waals surface area contributed by atoms with E-state index in [1.165, 1.54) is 0 Å². The Morgan fingerprint density at radius 2 is 2.00 bits per heavy atom. The quantitative estimate of drug-likeness (QED) is 0.866. The average molecular weight is 321 g/mol. The number of rotatable bonds is 4. The zero-order valence-electron chi connectivity index (χ0n) is 12.4. The number of nitrogens with zero attached hydrogens (tertiary/aromatic N) is 1. The summed E-state index contributed by atoms with van der Waals surface area (Å²) in [6, 6.07) is 13.1. The molecular weight excluding hydrogens is 302 g/mol. The Morgan fingerprint density at radius 3 is 2.73 bits per heavy atom. The molecular formula is C16H19NO4S. The molecule has 0 radical (unpaired) electrons. The Morgan fingerprint density at radius 1 is 1.23 bits per heavy atom. The van der Waals surface area contributed by atoms with Crippen molar-refractivity contribution in [3.63, 3.8) is 0 Å². The van der Waals surface area contributed by atoms with E-state index in [9.17, 15) is 8.42 Å². The van der Waals surface area contributed by atoms with Gasteiger partial charge in [-0.25, -0.2) is 8.42 Å². The molecule has 3 rings (SSSR count). The van der Waals surface area contributed by atoms with Gasteiger partial charge in [0.2, 0.25) is 0 Å². The number of hydrogen-bond donors (Lipinski definition) is 0. The SMILES string of the molecule is C[C@@H]1CN(Cc2ccc(Oc3ccccc3)o2)CCS1(=O)=O. The first-order valence-corrected chi connectivity index (χ1v) is 9.00.